The van der Waals surface area contributed by atoms with E-state index in [1.54, 1.807) is 0 Å². The van der Waals surface area contributed by atoms with Crippen LogP contribution in [0.5, 0.6) is 0 Å². The number of rotatable bonds is 7. The molecule has 2 aliphatic heterocycles. The van der Waals surface area contributed by atoms with E-state index in [4.69, 9.17) is 10.2 Å². The molecule has 18 heteroatoms. The molecule has 2 heterocycles. The van der Waals surface area contributed by atoms with Gasteiger partial charge in [-0.3, -0.25) is 20.2 Å². The lowest BCUT2D eigenvalue weighted by molar-refractivity contribution is -0.126. The third-order valence-electron chi connectivity index (χ3n) is 3.77. The van der Waals surface area contributed by atoms with Crippen molar-refractivity contribution in [1.82, 2.24) is 42.5 Å². The molecule has 3 unspecified atom stereocenters. The van der Waals surface area contributed by atoms with Crippen molar-refractivity contribution in [2.75, 3.05) is 26.5 Å². The van der Waals surface area contributed by atoms with Crippen molar-refractivity contribution >= 4 is 35.9 Å². The second kappa shape index (κ2) is 11.0. The van der Waals surface area contributed by atoms with Crippen LogP contribution in [0.4, 0.5) is 19.2 Å². The smallest absolute Gasteiger partial charge is 0.323 e. The fourth-order valence-electron chi connectivity index (χ4n) is 2.14. The van der Waals surface area contributed by atoms with E-state index in [0.717, 1.165) is 0 Å². The van der Waals surface area contributed by atoms with Crippen LogP contribution in [0.2, 0.25) is 0 Å². The molecule has 0 saturated carbocycles. The summed E-state index contributed by atoms with van der Waals surface area (Å²) in [6.45, 7) is -0.995. The van der Waals surface area contributed by atoms with Gasteiger partial charge in [-0.15, -0.1) is 0 Å². The molecule has 180 valence electrons. The monoisotopic (exact) mass is 464 g/mol. The summed E-state index contributed by atoms with van der Waals surface area (Å²) in [6, 6.07) is -3.91. The average Bonchev–Trinajstić information content (AvgIpc) is 3.16. The van der Waals surface area contributed by atoms with Gasteiger partial charge in [0.2, 0.25) is 11.3 Å². The predicted octanol–water partition coefficient (Wildman–Crippen LogP) is -6.04. The van der Waals surface area contributed by atoms with Crippen molar-refractivity contribution in [2.45, 2.75) is 24.4 Å². The maximum absolute atomic E-state index is 11.8. The molecule has 18 nitrogen and oxygen atoms in total. The number of aliphatic hydroxyl groups is 4. The summed E-state index contributed by atoms with van der Waals surface area (Å²) in [4.78, 5) is 68.9. The first-order valence-electron chi connectivity index (χ1n) is 8.83. The summed E-state index contributed by atoms with van der Waals surface area (Å²) in [5.41, 5.74) is -4.12. The minimum absolute atomic E-state index is 0.139. The molecule has 2 saturated heterocycles. The van der Waals surface area contributed by atoms with Crippen LogP contribution in [0.25, 0.3) is 0 Å². The molecule has 3 atom stereocenters. The third-order valence-corrected chi connectivity index (χ3v) is 3.77. The molecule has 0 radical (unpaired) electrons. The van der Waals surface area contributed by atoms with Gasteiger partial charge >= 0.3 is 24.1 Å². The van der Waals surface area contributed by atoms with E-state index < -0.39 is 73.3 Å². The SMILES string of the molecule is CC(O)CO.O=C(NCNC(=O)NC1(CO)NC(=O)NC1=O)NC1(CO)NC(=O)NC1=O. The van der Waals surface area contributed by atoms with Gasteiger partial charge in [-0.05, 0) is 6.92 Å². The van der Waals surface area contributed by atoms with Crippen LogP contribution in [0.3, 0.4) is 0 Å². The van der Waals surface area contributed by atoms with E-state index in [1.165, 1.54) is 6.92 Å². The summed E-state index contributed by atoms with van der Waals surface area (Å²) < 4.78 is 0. The van der Waals surface area contributed by atoms with E-state index in [1.807, 2.05) is 31.9 Å². The predicted molar refractivity (Wildman–Crippen MR) is 100.0 cm³/mol. The maximum atomic E-state index is 11.8. The van der Waals surface area contributed by atoms with Crippen LogP contribution < -0.4 is 42.5 Å². The molecule has 2 fully saturated rings. The number of hydrogen-bond donors (Lipinski definition) is 12. The molecule has 32 heavy (non-hydrogen) atoms. The van der Waals surface area contributed by atoms with E-state index >= 15 is 0 Å². The van der Waals surface area contributed by atoms with Gasteiger partial charge in [0.25, 0.3) is 11.8 Å². The van der Waals surface area contributed by atoms with Crippen molar-refractivity contribution in [1.29, 1.82) is 0 Å². The Morgan fingerprint density at radius 2 is 1.19 bits per heavy atom. The van der Waals surface area contributed by atoms with Gasteiger partial charge in [0.15, 0.2) is 0 Å². The second-order valence-electron chi connectivity index (χ2n) is 6.41. The first kappa shape index (κ1) is 26.3. The summed E-state index contributed by atoms with van der Waals surface area (Å²) in [6.07, 6.45) is -0.560. The van der Waals surface area contributed by atoms with Gasteiger partial charge in [-0.2, -0.15) is 0 Å². The van der Waals surface area contributed by atoms with Gasteiger partial charge in [0.1, 0.15) is 0 Å². The number of amides is 10. The topological polar surface area (TPSA) is 280 Å². The van der Waals surface area contributed by atoms with Gasteiger partial charge in [-0.1, -0.05) is 0 Å². The minimum atomic E-state index is -2.06. The summed E-state index contributed by atoms with van der Waals surface area (Å²) >= 11 is 0. The van der Waals surface area contributed by atoms with Crippen LogP contribution in [0.1, 0.15) is 6.92 Å². The lowest BCUT2D eigenvalue weighted by atomic mass is 10.2. The molecule has 0 aliphatic carbocycles. The molecule has 10 amide bonds. The molecule has 0 bridgehead atoms. The largest absolute Gasteiger partial charge is 0.394 e. The average molecular weight is 464 g/mol. The third kappa shape index (κ3) is 6.63. The van der Waals surface area contributed by atoms with Crippen LogP contribution in [0.15, 0.2) is 0 Å². The molecule has 12 N–H and O–H groups in total. The lowest BCUT2D eigenvalue weighted by Gasteiger charge is -2.26. The first-order valence-corrected chi connectivity index (χ1v) is 8.83. The number of urea groups is 4. The summed E-state index contributed by atoms with van der Waals surface area (Å²) in [5, 5.41) is 50.4. The molecule has 0 aromatic rings. The Labute approximate surface area is 179 Å². The Bertz CT molecular complexity index is 719. The number of carbonyl (C=O) groups excluding carboxylic acids is 6. The molecule has 0 aromatic heterocycles. The highest BCUT2D eigenvalue weighted by Gasteiger charge is 2.48. The minimum Gasteiger partial charge on any atom is -0.394 e. The van der Waals surface area contributed by atoms with Crippen molar-refractivity contribution in [3.8, 4) is 0 Å². The number of aliphatic hydroxyl groups excluding tert-OH is 4. The summed E-state index contributed by atoms with van der Waals surface area (Å²) in [7, 11) is 0. The Kier molecular flexibility index (Phi) is 9.07. The molecular formula is C14H24N8O10. The Balaban J connectivity index is 0.000000920. The zero-order chi connectivity index (χ0) is 24.5. The molecule has 2 aliphatic rings. The van der Waals surface area contributed by atoms with Gasteiger partial charge in [0.05, 0.1) is 32.6 Å². The van der Waals surface area contributed by atoms with E-state index in [9.17, 15) is 39.0 Å². The fourth-order valence-corrected chi connectivity index (χ4v) is 2.14. The Morgan fingerprint density at radius 3 is 1.41 bits per heavy atom. The van der Waals surface area contributed by atoms with Gasteiger partial charge in [-0.25, -0.2) is 19.2 Å². The van der Waals surface area contributed by atoms with Crippen molar-refractivity contribution in [3.63, 3.8) is 0 Å². The van der Waals surface area contributed by atoms with Crippen molar-refractivity contribution in [3.05, 3.63) is 0 Å². The highest BCUT2D eigenvalue weighted by atomic mass is 16.3. The zero-order valence-corrected chi connectivity index (χ0v) is 16.6. The molecule has 0 aromatic carbocycles. The van der Waals surface area contributed by atoms with Crippen molar-refractivity contribution in [2.24, 2.45) is 0 Å². The number of hydrogen-bond acceptors (Lipinski definition) is 10. The molecule has 2 rings (SSSR count). The first-order chi connectivity index (χ1) is 14.9. The number of nitrogens with one attached hydrogen (secondary N) is 8. The highest BCUT2D eigenvalue weighted by molar-refractivity contribution is 6.09. The number of imide groups is 2. The van der Waals surface area contributed by atoms with E-state index in [0.29, 0.717) is 0 Å². The fraction of sp³-hybridized carbons (Fsp3) is 0.571. The van der Waals surface area contributed by atoms with Gasteiger partial charge in [0, 0.05) is 0 Å². The normalized spacial score (nSPS) is 24.7. The van der Waals surface area contributed by atoms with Crippen LogP contribution >= 0.6 is 0 Å². The molecule has 0 spiro atoms. The van der Waals surface area contributed by atoms with E-state index in [2.05, 4.69) is 10.6 Å². The number of carbonyl (C=O) groups is 6. The highest BCUT2D eigenvalue weighted by Crippen LogP contribution is 2.06. The van der Waals surface area contributed by atoms with Gasteiger partial charge < -0.3 is 52.3 Å². The Morgan fingerprint density at radius 1 is 0.844 bits per heavy atom. The standard InChI is InChI=1S/C11H16N8O8.C3H8O2/c20-1-10(4(22)14-8(26)18-10)16-6(24)12-3-13-7(25)17-11(2-21)5(23)15-9(27)19-11;1-3(5)2-4/h20-21H,1-3H2,(H2,12,16,24)(H2,13,17,25)(H2,14,18,22,26)(H2,15,19,23,27);3-5H,2H2,1H3. The Hall–Kier alpha value is -3.74. The van der Waals surface area contributed by atoms with Crippen LogP contribution in [-0.4, -0.2) is 100 Å². The van der Waals surface area contributed by atoms with Crippen LogP contribution in [-0.2, 0) is 9.59 Å². The van der Waals surface area contributed by atoms with E-state index in [-0.39, 0.29) is 6.61 Å². The second-order valence-corrected chi connectivity index (χ2v) is 6.41. The van der Waals surface area contributed by atoms with Crippen LogP contribution in [0, 0.1) is 0 Å². The quantitative estimate of drug-likeness (QED) is 0.125. The van der Waals surface area contributed by atoms with Crippen molar-refractivity contribution < 1.29 is 49.2 Å². The lowest BCUT2D eigenvalue weighted by Crippen LogP contribution is -2.66. The molecular weight excluding hydrogens is 440 g/mol. The zero-order valence-electron chi connectivity index (χ0n) is 16.6. The summed E-state index contributed by atoms with van der Waals surface area (Å²) in [5.74, 6) is -1.97. The maximum Gasteiger partial charge on any atom is 0.323 e.